The Morgan fingerprint density at radius 3 is 2.44 bits per heavy atom. The van der Waals surface area contributed by atoms with E-state index in [-0.39, 0.29) is 5.69 Å². The van der Waals surface area contributed by atoms with Crippen LogP contribution >= 0.6 is 0 Å². The lowest BCUT2D eigenvalue weighted by Gasteiger charge is -2.27. The minimum atomic E-state index is -0.542. The summed E-state index contributed by atoms with van der Waals surface area (Å²) in [5.41, 5.74) is 1.30. The number of nitrogens with one attached hydrogen (secondary N) is 1. The number of aromatic nitrogens is 3. The largest absolute Gasteiger partial charge is 0.486 e. The van der Waals surface area contributed by atoms with E-state index in [9.17, 15) is 4.79 Å². The minimum Gasteiger partial charge on any atom is -0.486 e. The Morgan fingerprint density at radius 1 is 0.912 bits per heavy atom. The second-order valence-electron chi connectivity index (χ2n) is 9.03. The van der Waals surface area contributed by atoms with Crippen molar-refractivity contribution in [1.29, 1.82) is 0 Å². The van der Waals surface area contributed by atoms with E-state index in [1.807, 2.05) is 63.2 Å². The molecule has 0 radical (unpaired) electrons. The van der Waals surface area contributed by atoms with Gasteiger partial charge in [0, 0.05) is 17.2 Å². The molecule has 1 aliphatic rings. The smallest absolute Gasteiger partial charge is 0.274 e. The topological polar surface area (TPSA) is 113 Å². The summed E-state index contributed by atoms with van der Waals surface area (Å²) in [6.07, 6.45) is 0. The number of carbonyl (C=O) groups is 1. The van der Waals surface area contributed by atoms with Gasteiger partial charge in [0.1, 0.15) is 19.3 Å². The van der Waals surface area contributed by atoms with Gasteiger partial charge < -0.3 is 23.8 Å². The van der Waals surface area contributed by atoms with Gasteiger partial charge in [-0.3, -0.25) is 4.79 Å². The molecule has 5 rings (SSSR count). The highest BCUT2D eigenvalue weighted by Crippen LogP contribution is 2.35. The summed E-state index contributed by atoms with van der Waals surface area (Å²) in [5, 5.41) is 11.0. The Kier molecular flexibility index (Phi) is 5.53. The number of benzene rings is 2. The molecule has 3 heterocycles. The fourth-order valence-corrected chi connectivity index (χ4v) is 3.63. The second-order valence-corrected chi connectivity index (χ2v) is 9.03. The van der Waals surface area contributed by atoms with Crippen molar-refractivity contribution in [2.45, 2.75) is 26.8 Å². The molecule has 0 fully saturated rings. The van der Waals surface area contributed by atoms with Crippen molar-refractivity contribution in [2.24, 2.45) is 5.41 Å². The lowest BCUT2D eigenvalue weighted by atomic mass is 9.86. The molecule has 0 saturated carbocycles. The van der Waals surface area contributed by atoms with Crippen molar-refractivity contribution >= 4 is 5.91 Å². The maximum atomic E-state index is 13.1. The maximum Gasteiger partial charge on any atom is 0.274 e. The van der Waals surface area contributed by atoms with Crippen LogP contribution < -0.4 is 14.8 Å². The third-order valence-electron chi connectivity index (χ3n) is 5.43. The number of nitrogens with zero attached hydrogens (tertiary/aromatic N) is 3. The fourth-order valence-electron chi connectivity index (χ4n) is 3.63. The van der Waals surface area contributed by atoms with Crippen LogP contribution in [-0.4, -0.2) is 34.4 Å². The number of ether oxygens (including phenoxy) is 2. The predicted molar refractivity (Wildman–Crippen MR) is 122 cm³/mol. The van der Waals surface area contributed by atoms with Crippen LogP contribution in [0.25, 0.3) is 22.7 Å². The Hall–Kier alpha value is -4.14. The van der Waals surface area contributed by atoms with E-state index < -0.39 is 17.4 Å². The first-order valence-corrected chi connectivity index (χ1v) is 10.9. The van der Waals surface area contributed by atoms with Crippen LogP contribution in [0.5, 0.6) is 11.5 Å². The van der Waals surface area contributed by atoms with Crippen LogP contribution in [-0.2, 0) is 0 Å². The van der Waals surface area contributed by atoms with Gasteiger partial charge in [-0.25, -0.2) is 0 Å². The van der Waals surface area contributed by atoms with Crippen molar-refractivity contribution in [3.8, 4) is 34.2 Å². The number of amides is 1. The fraction of sp³-hybridized carbons (Fsp3) is 0.280. The molecule has 0 spiro atoms. The monoisotopic (exact) mass is 460 g/mol. The molecule has 9 heteroatoms. The third-order valence-corrected chi connectivity index (χ3v) is 5.43. The van der Waals surface area contributed by atoms with Gasteiger partial charge in [-0.1, -0.05) is 61.4 Å². The van der Waals surface area contributed by atoms with E-state index in [2.05, 4.69) is 20.6 Å². The highest BCUT2D eigenvalue weighted by atomic mass is 16.6. The third kappa shape index (κ3) is 4.36. The Morgan fingerprint density at radius 2 is 1.68 bits per heavy atom. The summed E-state index contributed by atoms with van der Waals surface area (Å²) in [6.45, 7) is 6.94. The first-order chi connectivity index (χ1) is 16.4. The molecule has 1 aliphatic heterocycles. The molecule has 0 aliphatic carbocycles. The van der Waals surface area contributed by atoms with Crippen LogP contribution in [0.2, 0.25) is 0 Å². The highest BCUT2D eigenvalue weighted by Gasteiger charge is 2.34. The summed E-state index contributed by atoms with van der Waals surface area (Å²) in [7, 11) is 0. The van der Waals surface area contributed by atoms with E-state index in [4.69, 9.17) is 18.5 Å². The zero-order chi connectivity index (χ0) is 23.7. The Bertz CT molecular complexity index is 1310. The van der Waals surface area contributed by atoms with E-state index in [1.54, 1.807) is 12.1 Å². The van der Waals surface area contributed by atoms with Gasteiger partial charge in [-0.05, 0) is 23.6 Å². The molecule has 0 bridgehead atoms. The molecule has 34 heavy (non-hydrogen) atoms. The van der Waals surface area contributed by atoms with Gasteiger partial charge in [-0.15, -0.1) is 0 Å². The van der Waals surface area contributed by atoms with Gasteiger partial charge in [0.15, 0.2) is 23.0 Å². The molecule has 1 amide bonds. The van der Waals surface area contributed by atoms with E-state index in [0.29, 0.717) is 42.2 Å². The van der Waals surface area contributed by atoms with Crippen molar-refractivity contribution in [1.82, 2.24) is 20.6 Å². The van der Waals surface area contributed by atoms with Crippen LogP contribution in [0.1, 0.15) is 43.2 Å². The lowest BCUT2D eigenvalue weighted by molar-refractivity contribution is 0.0871. The molecule has 4 aromatic rings. The molecule has 9 nitrogen and oxygen atoms in total. The molecular formula is C25H24N4O5. The summed E-state index contributed by atoms with van der Waals surface area (Å²) in [6, 6.07) is 16.0. The maximum absolute atomic E-state index is 13.1. The van der Waals surface area contributed by atoms with E-state index in [0.717, 1.165) is 11.1 Å². The van der Waals surface area contributed by atoms with Gasteiger partial charge in [0.2, 0.25) is 11.7 Å². The van der Waals surface area contributed by atoms with Gasteiger partial charge in [0.25, 0.3) is 5.91 Å². The molecule has 2 aromatic heterocycles. The van der Waals surface area contributed by atoms with Crippen LogP contribution in [0.15, 0.2) is 63.6 Å². The molecule has 1 N–H and O–H groups in total. The van der Waals surface area contributed by atoms with Crippen LogP contribution in [0.4, 0.5) is 0 Å². The number of hydrogen-bond acceptors (Lipinski definition) is 8. The number of fused-ring (bicyclic) bond motifs is 1. The zero-order valence-corrected chi connectivity index (χ0v) is 19.1. The number of carbonyl (C=O) groups excluding carboxylic acids is 1. The van der Waals surface area contributed by atoms with E-state index in [1.165, 1.54) is 0 Å². The molecular weight excluding hydrogens is 436 g/mol. The molecule has 0 saturated heterocycles. The normalized spacial score (nSPS) is 14.0. The SMILES string of the molecule is CC(C)(C)C(NC(=O)c1cc(-c2ccc3c(c2)OCCO3)on1)c1nc(-c2ccccc2)no1. The van der Waals surface area contributed by atoms with Gasteiger partial charge in [0.05, 0.1) is 0 Å². The van der Waals surface area contributed by atoms with Crippen molar-refractivity contribution in [2.75, 3.05) is 13.2 Å². The zero-order valence-electron chi connectivity index (χ0n) is 19.1. The number of rotatable bonds is 5. The summed E-state index contributed by atoms with van der Waals surface area (Å²) >= 11 is 0. The van der Waals surface area contributed by atoms with Gasteiger partial charge >= 0.3 is 0 Å². The molecule has 2 aromatic carbocycles. The van der Waals surface area contributed by atoms with Crippen molar-refractivity contribution in [3.63, 3.8) is 0 Å². The molecule has 174 valence electrons. The highest BCUT2D eigenvalue weighted by molar-refractivity contribution is 5.93. The molecule has 1 atom stereocenters. The summed E-state index contributed by atoms with van der Waals surface area (Å²) < 4.78 is 22.1. The standard InChI is InChI=1S/C25H24N4O5/c1-25(2,3)21(24-27-22(29-34-24)15-7-5-4-6-8-15)26-23(30)17-14-19(33-28-17)16-9-10-18-20(13-16)32-12-11-31-18/h4-10,13-14,21H,11-12H2,1-3H3,(H,26,30). The Balaban J connectivity index is 1.36. The van der Waals surface area contributed by atoms with Crippen LogP contribution in [0.3, 0.4) is 0 Å². The average Bonchev–Trinajstić information content (AvgIpc) is 3.52. The summed E-state index contributed by atoms with van der Waals surface area (Å²) in [5.74, 6) is 2.11. The van der Waals surface area contributed by atoms with Gasteiger partial charge in [-0.2, -0.15) is 4.98 Å². The first-order valence-electron chi connectivity index (χ1n) is 10.9. The van der Waals surface area contributed by atoms with Crippen molar-refractivity contribution in [3.05, 3.63) is 66.2 Å². The number of hydrogen-bond donors (Lipinski definition) is 1. The second kappa shape index (κ2) is 8.66. The minimum absolute atomic E-state index is 0.141. The van der Waals surface area contributed by atoms with E-state index >= 15 is 0 Å². The van der Waals surface area contributed by atoms with Crippen molar-refractivity contribution < 1.29 is 23.3 Å². The lowest BCUT2D eigenvalue weighted by Crippen LogP contribution is -2.37. The average molecular weight is 460 g/mol. The predicted octanol–water partition coefficient (Wildman–Crippen LogP) is 4.68. The quantitative estimate of drug-likeness (QED) is 0.457. The Labute approximate surface area is 196 Å². The van der Waals surface area contributed by atoms with Crippen LogP contribution in [0, 0.1) is 5.41 Å². The first kappa shape index (κ1) is 21.7. The molecule has 1 unspecified atom stereocenters. The summed E-state index contributed by atoms with van der Waals surface area (Å²) in [4.78, 5) is 17.6.